The Balaban J connectivity index is 2.38. The topological polar surface area (TPSA) is 46.2 Å². The van der Waals surface area contributed by atoms with Crippen LogP contribution in [-0.4, -0.2) is 8.42 Å². The van der Waals surface area contributed by atoms with Gasteiger partial charge < -0.3 is 0 Å². The molecular weight excluding hydrogens is 429 g/mol. The molecule has 0 aliphatic rings. The molecule has 2 rings (SSSR count). The van der Waals surface area contributed by atoms with Crippen LogP contribution in [0.3, 0.4) is 0 Å². The second kappa shape index (κ2) is 6.05. The van der Waals surface area contributed by atoms with E-state index >= 15 is 0 Å². The van der Waals surface area contributed by atoms with Crippen molar-refractivity contribution in [1.29, 1.82) is 0 Å². The minimum Gasteiger partial charge on any atom is -0.280 e. The Labute approximate surface area is 139 Å². The van der Waals surface area contributed by atoms with Crippen molar-refractivity contribution >= 4 is 59.2 Å². The molecule has 3 nitrogen and oxygen atoms in total. The number of anilines is 1. The smallest absolute Gasteiger partial charge is 0.263 e. The third kappa shape index (κ3) is 3.55. The van der Waals surface area contributed by atoms with Gasteiger partial charge in [0.25, 0.3) is 10.0 Å². The molecule has 0 unspecified atom stereocenters. The lowest BCUT2D eigenvalue weighted by atomic mass is 10.2. The summed E-state index contributed by atoms with van der Waals surface area (Å²) in [7, 11) is -3.71. The SMILES string of the molecule is Cc1cc(NS(=O)(=O)c2ccc(Br)cc2Cl)ccc1Br. The van der Waals surface area contributed by atoms with E-state index in [1.807, 2.05) is 6.92 Å². The van der Waals surface area contributed by atoms with Gasteiger partial charge in [0.15, 0.2) is 0 Å². The molecule has 20 heavy (non-hydrogen) atoms. The fourth-order valence-electron chi connectivity index (χ4n) is 1.61. The Hall–Kier alpha value is -0.560. The number of benzene rings is 2. The summed E-state index contributed by atoms with van der Waals surface area (Å²) < 4.78 is 28.8. The van der Waals surface area contributed by atoms with Gasteiger partial charge in [-0.05, 0) is 48.9 Å². The number of aryl methyl sites for hydroxylation is 1. The highest BCUT2D eigenvalue weighted by Gasteiger charge is 2.18. The zero-order chi connectivity index (χ0) is 14.9. The summed E-state index contributed by atoms with van der Waals surface area (Å²) in [6.07, 6.45) is 0. The standard InChI is InChI=1S/C13H10Br2ClNO2S/c1-8-6-10(3-4-11(8)15)17-20(18,19)13-5-2-9(14)7-12(13)16/h2-7,17H,1H3. The van der Waals surface area contributed by atoms with E-state index in [1.54, 1.807) is 30.3 Å². The first-order chi connectivity index (χ1) is 9.29. The van der Waals surface area contributed by atoms with E-state index in [0.717, 1.165) is 14.5 Å². The van der Waals surface area contributed by atoms with Crippen molar-refractivity contribution in [2.24, 2.45) is 0 Å². The predicted molar refractivity (Wildman–Crippen MR) is 88.8 cm³/mol. The van der Waals surface area contributed by atoms with E-state index in [1.165, 1.54) is 6.07 Å². The van der Waals surface area contributed by atoms with Gasteiger partial charge in [-0.15, -0.1) is 0 Å². The van der Waals surface area contributed by atoms with Gasteiger partial charge in [-0.25, -0.2) is 8.42 Å². The van der Waals surface area contributed by atoms with Crippen LogP contribution in [0.15, 0.2) is 50.2 Å². The van der Waals surface area contributed by atoms with E-state index in [-0.39, 0.29) is 9.92 Å². The summed E-state index contributed by atoms with van der Waals surface area (Å²) in [5.41, 5.74) is 1.43. The van der Waals surface area contributed by atoms with Gasteiger partial charge in [-0.2, -0.15) is 0 Å². The van der Waals surface area contributed by atoms with Crippen LogP contribution in [0, 0.1) is 6.92 Å². The summed E-state index contributed by atoms with van der Waals surface area (Å²) in [6.45, 7) is 1.88. The molecule has 0 spiro atoms. The first kappa shape index (κ1) is 15.8. The summed E-state index contributed by atoms with van der Waals surface area (Å²) in [5.74, 6) is 0. The molecule has 0 aromatic heterocycles. The molecule has 2 aromatic rings. The zero-order valence-electron chi connectivity index (χ0n) is 10.3. The third-order valence-corrected chi connectivity index (χ3v) is 5.84. The van der Waals surface area contributed by atoms with Crippen LogP contribution >= 0.6 is 43.5 Å². The summed E-state index contributed by atoms with van der Waals surface area (Å²) in [4.78, 5) is 0.0444. The second-order valence-corrected chi connectivity index (χ2v) is 7.97. The summed E-state index contributed by atoms with van der Waals surface area (Å²) in [6, 6.07) is 9.85. The average molecular weight is 440 g/mol. The number of hydrogen-bond donors (Lipinski definition) is 1. The largest absolute Gasteiger partial charge is 0.280 e. The molecule has 0 aliphatic carbocycles. The van der Waals surface area contributed by atoms with Crippen molar-refractivity contribution in [1.82, 2.24) is 0 Å². The van der Waals surface area contributed by atoms with Crippen molar-refractivity contribution in [2.75, 3.05) is 4.72 Å². The highest BCUT2D eigenvalue weighted by atomic mass is 79.9. The minimum absolute atomic E-state index is 0.0444. The number of halogens is 3. The molecule has 0 heterocycles. The van der Waals surface area contributed by atoms with Crippen LogP contribution in [0.4, 0.5) is 5.69 Å². The van der Waals surface area contributed by atoms with E-state index in [9.17, 15) is 8.42 Å². The Bertz CT molecular complexity index is 763. The molecule has 1 N–H and O–H groups in total. The third-order valence-electron chi connectivity index (χ3n) is 2.59. The number of hydrogen-bond acceptors (Lipinski definition) is 2. The van der Waals surface area contributed by atoms with Gasteiger partial charge in [0.05, 0.1) is 5.02 Å². The van der Waals surface area contributed by atoms with Crippen molar-refractivity contribution in [3.8, 4) is 0 Å². The van der Waals surface area contributed by atoms with Crippen LogP contribution in [0.25, 0.3) is 0 Å². The molecule has 0 atom stereocenters. The lowest BCUT2D eigenvalue weighted by Gasteiger charge is -2.10. The first-order valence-electron chi connectivity index (χ1n) is 5.53. The van der Waals surface area contributed by atoms with Gasteiger partial charge in [0.1, 0.15) is 4.90 Å². The van der Waals surface area contributed by atoms with Crippen molar-refractivity contribution in [2.45, 2.75) is 11.8 Å². The van der Waals surface area contributed by atoms with E-state index < -0.39 is 10.0 Å². The Morgan fingerprint density at radius 2 is 1.80 bits per heavy atom. The summed E-state index contributed by atoms with van der Waals surface area (Å²) >= 11 is 12.6. The average Bonchev–Trinajstić information content (AvgIpc) is 2.33. The Morgan fingerprint density at radius 3 is 2.40 bits per heavy atom. The molecule has 7 heteroatoms. The summed E-state index contributed by atoms with van der Waals surface area (Å²) in [5, 5.41) is 0.167. The minimum atomic E-state index is -3.71. The van der Waals surface area contributed by atoms with Gasteiger partial charge in [0.2, 0.25) is 0 Å². The lowest BCUT2D eigenvalue weighted by molar-refractivity contribution is 0.601. The molecule has 0 aliphatic heterocycles. The van der Waals surface area contributed by atoms with Crippen molar-refractivity contribution < 1.29 is 8.42 Å². The van der Waals surface area contributed by atoms with Crippen molar-refractivity contribution in [3.05, 3.63) is 55.9 Å². The molecule has 0 saturated heterocycles. The Kier molecular flexibility index (Phi) is 4.79. The molecule has 0 radical (unpaired) electrons. The van der Waals surface area contributed by atoms with Crippen LogP contribution in [0.2, 0.25) is 5.02 Å². The maximum absolute atomic E-state index is 12.3. The molecule has 0 amide bonds. The monoisotopic (exact) mass is 437 g/mol. The van der Waals surface area contributed by atoms with Gasteiger partial charge in [-0.3, -0.25) is 4.72 Å². The van der Waals surface area contributed by atoms with Crippen LogP contribution in [0.1, 0.15) is 5.56 Å². The molecule has 2 aromatic carbocycles. The van der Waals surface area contributed by atoms with Gasteiger partial charge in [0, 0.05) is 14.6 Å². The second-order valence-electron chi connectivity index (χ2n) is 4.14. The zero-order valence-corrected chi connectivity index (χ0v) is 15.1. The first-order valence-corrected chi connectivity index (χ1v) is 8.98. The molecular formula is C13H10Br2ClNO2S. The van der Waals surface area contributed by atoms with Gasteiger partial charge in [-0.1, -0.05) is 43.5 Å². The maximum Gasteiger partial charge on any atom is 0.263 e. The maximum atomic E-state index is 12.3. The highest BCUT2D eigenvalue weighted by molar-refractivity contribution is 9.10. The normalized spacial score (nSPS) is 11.4. The van der Waals surface area contributed by atoms with Gasteiger partial charge >= 0.3 is 0 Å². The van der Waals surface area contributed by atoms with E-state index in [4.69, 9.17) is 11.6 Å². The Morgan fingerprint density at radius 1 is 1.10 bits per heavy atom. The number of rotatable bonds is 3. The highest BCUT2D eigenvalue weighted by Crippen LogP contribution is 2.28. The van der Waals surface area contributed by atoms with Crippen LogP contribution in [-0.2, 0) is 10.0 Å². The predicted octanol–water partition coefficient (Wildman–Crippen LogP) is 4.97. The van der Waals surface area contributed by atoms with E-state index in [2.05, 4.69) is 36.6 Å². The van der Waals surface area contributed by atoms with Crippen LogP contribution < -0.4 is 4.72 Å². The molecule has 106 valence electrons. The fraction of sp³-hybridized carbons (Fsp3) is 0.0769. The molecule has 0 fully saturated rings. The fourth-order valence-corrected chi connectivity index (χ4v) is 3.95. The lowest BCUT2D eigenvalue weighted by Crippen LogP contribution is -2.13. The van der Waals surface area contributed by atoms with Crippen LogP contribution in [0.5, 0.6) is 0 Å². The number of nitrogens with one attached hydrogen (secondary N) is 1. The number of sulfonamides is 1. The molecule has 0 bridgehead atoms. The quantitative estimate of drug-likeness (QED) is 0.734. The van der Waals surface area contributed by atoms with Crippen molar-refractivity contribution in [3.63, 3.8) is 0 Å². The molecule has 0 saturated carbocycles. The van der Waals surface area contributed by atoms with E-state index in [0.29, 0.717) is 5.69 Å².